The van der Waals surface area contributed by atoms with Gasteiger partial charge in [-0.1, -0.05) is 6.92 Å². The number of likely N-dealkylation sites (tertiary alicyclic amines) is 1. The van der Waals surface area contributed by atoms with Crippen LogP contribution in [0.5, 0.6) is 0 Å². The minimum Gasteiger partial charge on any atom is -0.334 e. The standard InChI is InChI=1S/C14H24N4O/c1-4-13-12(10-17(3)16-13)14(19)18-8-6-5-7-11(18)9-15-2/h10-11,15H,4-9H2,1-3H3. The predicted octanol–water partition coefficient (Wildman–Crippen LogP) is 1.20. The van der Waals surface area contributed by atoms with Crippen LogP contribution >= 0.6 is 0 Å². The fraction of sp³-hybridized carbons (Fsp3) is 0.714. The number of amides is 1. The van der Waals surface area contributed by atoms with E-state index in [4.69, 9.17) is 0 Å². The Morgan fingerprint density at radius 2 is 2.32 bits per heavy atom. The quantitative estimate of drug-likeness (QED) is 0.889. The Morgan fingerprint density at radius 3 is 3.00 bits per heavy atom. The molecule has 0 bridgehead atoms. The van der Waals surface area contributed by atoms with Crippen LogP contribution in [-0.2, 0) is 13.5 Å². The summed E-state index contributed by atoms with van der Waals surface area (Å²) in [6.07, 6.45) is 6.06. The van der Waals surface area contributed by atoms with E-state index < -0.39 is 0 Å². The van der Waals surface area contributed by atoms with Crippen LogP contribution in [0.15, 0.2) is 6.20 Å². The molecular weight excluding hydrogens is 240 g/mol. The number of likely N-dealkylation sites (N-methyl/N-ethyl adjacent to an activating group) is 1. The van der Waals surface area contributed by atoms with Gasteiger partial charge < -0.3 is 10.2 Å². The SMILES string of the molecule is CCc1nn(C)cc1C(=O)N1CCCCC1CNC. The van der Waals surface area contributed by atoms with Crippen molar-refractivity contribution in [1.29, 1.82) is 0 Å². The van der Waals surface area contributed by atoms with E-state index >= 15 is 0 Å². The van der Waals surface area contributed by atoms with Gasteiger partial charge in [-0.15, -0.1) is 0 Å². The van der Waals surface area contributed by atoms with Gasteiger partial charge in [0.05, 0.1) is 11.3 Å². The lowest BCUT2D eigenvalue weighted by Gasteiger charge is -2.35. The van der Waals surface area contributed by atoms with Crippen LogP contribution in [-0.4, -0.2) is 46.8 Å². The smallest absolute Gasteiger partial charge is 0.257 e. The third-order valence-electron chi connectivity index (χ3n) is 3.80. The molecule has 1 atom stereocenters. The van der Waals surface area contributed by atoms with Crippen molar-refractivity contribution in [2.45, 2.75) is 38.6 Å². The van der Waals surface area contributed by atoms with E-state index in [0.29, 0.717) is 6.04 Å². The fourth-order valence-electron chi connectivity index (χ4n) is 2.84. The summed E-state index contributed by atoms with van der Waals surface area (Å²) < 4.78 is 1.74. The van der Waals surface area contributed by atoms with Crippen LogP contribution in [0.2, 0.25) is 0 Å². The molecule has 2 rings (SSSR count). The van der Waals surface area contributed by atoms with Gasteiger partial charge in [0.15, 0.2) is 0 Å². The second kappa shape index (κ2) is 6.19. The normalized spacial score (nSPS) is 19.7. The second-order valence-electron chi connectivity index (χ2n) is 5.22. The van der Waals surface area contributed by atoms with E-state index in [-0.39, 0.29) is 5.91 Å². The maximum absolute atomic E-state index is 12.7. The summed E-state index contributed by atoms with van der Waals surface area (Å²) in [6.45, 7) is 3.77. The minimum absolute atomic E-state index is 0.143. The number of piperidine rings is 1. The number of hydrogen-bond donors (Lipinski definition) is 1. The van der Waals surface area contributed by atoms with Gasteiger partial charge in [-0.2, -0.15) is 5.10 Å². The van der Waals surface area contributed by atoms with E-state index in [9.17, 15) is 4.79 Å². The van der Waals surface area contributed by atoms with Crippen LogP contribution in [0.3, 0.4) is 0 Å². The molecule has 1 amide bonds. The summed E-state index contributed by atoms with van der Waals surface area (Å²) in [6, 6.07) is 0.316. The van der Waals surface area contributed by atoms with Crippen molar-refractivity contribution in [3.05, 3.63) is 17.5 Å². The molecule has 1 fully saturated rings. The molecule has 2 heterocycles. The molecule has 1 unspecified atom stereocenters. The maximum atomic E-state index is 12.7. The average Bonchev–Trinajstić information content (AvgIpc) is 2.80. The van der Waals surface area contributed by atoms with Gasteiger partial charge in [0, 0.05) is 32.4 Å². The molecule has 1 saturated heterocycles. The number of carbonyl (C=O) groups excluding carboxylic acids is 1. The lowest BCUT2D eigenvalue weighted by molar-refractivity contribution is 0.0614. The first kappa shape index (κ1) is 14.1. The van der Waals surface area contributed by atoms with Crippen LogP contribution in [0, 0.1) is 0 Å². The Kier molecular flexibility index (Phi) is 4.58. The number of aromatic nitrogens is 2. The molecule has 1 aliphatic heterocycles. The summed E-state index contributed by atoms with van der Waals surface area (Å²) >= 11 is 0. The zero-order valence-electron chi connectivity index (χ0n) is 12.1. The van der Waals surface area contributed by atoms with Crippen molar-refractivity contribution in [3.63, 3.8) is 0 Å². The topological polar surface area (TPSA) is 50.2 Å². The van der Waals surface area contributed by atoms with Crippen molar-refractivity contribution >= 4 is 5.91 Å². The summed E-state index contributed by atoms with van der Waals surface area (Å²) in [4.78, 5) is 14.7. The van der Waals surface area contributed by atoms with E-state index in [1.807, 2.05) is 32.1 Å². The number of rotatable bonds is 4. The molecule has 1 aliphatic rings. The summed E-state index contributed by atoms with van der Waals surface area (Å²) in [5.74, 6) is 0.143. The molecule has 0 spiro atoms. The highest BCUT2D eigenvalue weighted by atomic mass is 16.2. The van der Waals surface area contributed by atoms with E-state index in [0.717, 1.165) is 43.6 Å². The van der Waals surface area contributed by atoms with Crippen LogP contribution < -0.4 is 5.32 Å². The molecule has 1 aromatic rings. The first-order valence-corrected chi connectivity index (χ1v) is 7.15. The second-order valence-corrected chi connectivity index (χ2v) is 5.22. The lowest BCUT2D eigenvalue weighted by atomic mass is 10.0. The third-order valence-corrected chi connectivity index (χ3v) is 3.80. The van der Waals surface area contributed by atoms with Gasteiger partial charge in [-0.3, -0.25) is 9.48 Å². The van der Waals surface area contributed by atoms with Crippen molar-refractivity contribution in [1.82, 2.24) is 20.0 Å². The number of nitrogens with zero attached hydrogens (tertiary/aromatic N) is 3. The zero-order valence-corrected chi connectivity index (χ0v) is 12.1. The number of aryl methyl sites for hydroxylation is 2. The highest BCUT2D eigenvalue weighted by Crippen LogP contribution is 2.20. The Morgan fingerprint density at radius 1 is 1.53 bits per heavy atom. The van der Waals surface area contributed by atoms with E-state index in [1.54, 1.807) is 4.68 Å². The molecule has 1 N–H and O–H groups in total. The summed E-state index contributed by atoms with van der Waals surface area (Å²) in [7, 11) is 3.82. The molecule has 19 heavy (non-hydrogen) atoms. The lowest BCUT2D eigenvalue weighted by Crippen LogP contribution is -2.48. The Bertz CT molecular complexity index is 439. The Balaban J connectivity index is 2.20. The molecule has 106 valence electrons. The average molecular weight is 264 g/mol. The summed E-state index contributed by atoms with van der Waals surface area (Å²) in [5, 5.41) is 7.56. The fourth-order valence-corrected chi connectivity index (χ4v) is 2.84. The van der Waals surface area contributed by atoms with Crippen molar-refractivity contribution in [2.75, 3.05) is 20.1 Å². The van der Waals surface area contributed by atoms with Gasteiger partial charge in [0.2, 0.25) is 0 Å². The monoisotopic (exact) mass is 264 g/mol. The van der Waals surface area contributed by atoms with Gasteiger partial charge in [0.1, 0.15) is 0 Å². The van der Waals surface area contributed by atoms with Crippen molar-refractivity contribution in [3.8, 4) is 0 Å². The molecule has 0 saturated carbocycles. The Hall–Kier alpha value is -1.36. The van der Waals surface area contributed by atoms with Crippen molar-refractivity contribution in [2.24, 2.45) is 7.05 Å². The van der Waals surface area contributed by atoms with Crippen LogP contribution in [0.4, 0.5) is 0 Å². The van der Waals surface area contributed by atoms with Gasteiger partial charge in [0.25, 0.3) is 5.91 Å². The predicted molar refractivity (Wildman–Crippen MR) is 75.2 cm³/mol. The van der Waals surface area contributed by atoms with Gasteiger partial charge in [-0.25, -0.2) is 0 Å². The molecule has 5 heteroatoms. The first-order valence-electron chi connectivity index (χ1n) is 7.15. The van der Waals surface area contributed by atoms with Gasteiger partial charge >= 0.3 is 0 Å². The molecule has 5 nitrogen and oxygen atoms in total. The minimum atomic E-state index is 0.143. The highest BCUT2D eigenvalue weighted by Gasteiger charge is 2.29. The van der Waals surface area contributed by atoms with Crippen LogP contribution in [0.1, 0.15) is 42.2 Å². The van der Waals surface area contributed by atoms with Gasteiger partial charge in [-0.05, 0) is 32.7 Å². The number of carbonyl (C=O) groups is 1. The maximum Gasteiger partial charge on any atom is 0.257 e. The van der Waals surface area contributed by atoms with Crippen molar-refractivity contribution < 1.29 is 4.79 Å². The van der Waals surface area contributed by atoms with E-state index in [1.165, 1.54) is 6.42 Å². The number of nitrogens with one attached hydrogen (secondary N) is 1. The Labute approximate surface area is 115 Å². The molecule has 0 aromatic carbocycles. The van der Waals surface area contributed by atoms with E-state index in [2.05, 4.69) is 10.4 Å². The molecule has 1 aromatic heterocycles. The summed E-state index contributed by atoms with van der Waals surface area (Å²) in [5.41, 5.74) is 1.68. The third kappa shape index (κ3) is 2.97. The highest BCUT2D eigenvalue weighted by molar-refractivity contribution is 5.95. The number of hydrogen-bond acceptors (Lipinski definition) is 3. The largest absolute Gasteiger partial charge is 0.334 e. The molecule has 0 aliphatic carbocycles. The molecular formula is C14H24N4O. The molecule has 0 radical (unpaired) electrons. The first-order chi connectivity index (χ1) is 9.17. The zero-order chi connectivity index (χ0) is 13.8. The van der Waals surface area contributed by atoms with Crippen LogP contribution in [0.25, 0.3) is 0 Å².